The summed E-state index contributed by atoms with van der Waals surface area (Å²) in [6, 6.07) is 9.46. The molecular weight excluding hydrogens is 299 g/mol. The van der Waals surface area contributed by atoms with Crippen molar-refractivity contribution in [3.05, 3.63) is 60.3 Å². The highest BCUT2D eigenvalue weighted by atomic mass is 19.1. The molecule has 0 aliphatic heterocycles. The van der Waals surface area contributed by atoms with Crippen molar-refractivity contribution in [3.8, 4) is 0 Å². The summed E-state index contributed by atoms with van der Waals surface area (Å²) in [5, 5.41) is 5.33. The van der Waals surface area contributed by atoms with E-state index >= 15 is 0 Å². The Morgan fingerprint density at radius 3 is 2.30 bits per heavy atom. The van der Waals surface area contributed by atoms with Crippen LogP contribution in [0, 0.1) is 5.82 Å². The Bertz CT molecular complexity index is 887. The summed E-state index contributed by atoms with van der Waals surface area (Å²) >= 11 is 0. The highest BCUT2D eigenvalue weighted by molar-refractivity contribution is 6.03. The smallest absolute Gasteiger partial charge is 0.275 e. The molecule has 0 atom stereocenters. The number of hydrogen-bond donors (Lipinski definition) is 2. The molecule has 3 aromatic rings. The number of aromatic nitrogens is 2. The molecule has 23 heavy (non-hydrogen) atoms. The second-order valence-electron chi connectivity index (χ2n) is 4.95. The van der Waals surface area contributed by atoms with Gasteiger partial charge >= 0.3 is 0 Å². The van der Waals surface area contributed by atoms with Crippen molar-refractivity contribution in [1.29, 1.82) is 0 Å². The van der Waals surface area contributed by atoms with Crippen molar-refractivity contribution in [2.75, 3.05) is 10.6 Å². The number of nitrogens with zero attached hydrogens (tertiary/aromatic N) is 2. The molecule has 0 aliphatic carbocycles. The van der Waals surface area contributed by atoms with E-state index in [0.29, 0.717) is 17.0 Å². The molecule has 3 rings (SSSR count). The predicted molar refractivity (Wildman–Crippen MR) is 83.8 cm³/mol. The summed E-state index contributed by atoms with van der Waals surface area (Å²) in [5.74, 6) is -0.976. The Kier molecular flexibility index (Phi) is 3.76. The van der Waals surface area contributed by atoms with Gasteiger partial charge in [-0.25, -0.2) is 9.37 Å². The predicted octanol–water partition coefficient (Wildman–Crippen LogP) is 2.68. The molecule has 0 saturated heterocycles. The molecule has 0 saturated carbocycles. The van der Waals surface area contributed by atoms with Crippen LogP contribution in [0.5, 0.6) is 0 Å². The lowest BCUT2D eigenvalue weighted by Gasteiger charge is -2.05. The third-order valence-corrected chi connectivity index (χ3v) is 3.11. The number of nitrogens with one attached hydrogen (secondary N) is 2. The second kappa shape index (κ2) is 5.88. The van der Waals surface area contributed by atoms with E-state index in [1.807, 2.05) is 0 Å². The van der Waals surface area contributed by atoms with Gasteiger partial charge in [-0.15, -0.1) is 0 Å². The Labute approximate surface area is 131 Å². The number of rotatable bonds is 3. The van der Waals surface area contributed by atoms with E-state index < -0.39 is 11.7 Å². The molecule has 7 heteroatoms. The number of amides is 2. The van der Waals surface area contributed by atoms with Gasteiger partial charge in [0.15, 0.2) is 0 Å². The molecular formula is C16H13FN4O2. The lowest BCUT2D eigenvalue weighted by atomic mass is 10.2. The van der Waals surface area contributed by atoms with Crippen molar-refractivity contribution in [2.45, 2.75) is 6.92 Å². The standard InChI is InChI=1S/C16H13FN4O2/c1-10(22)18-12-3-5-13(6-4-12)19-16(23)14-9-21-8-11(17)2-7-15(21)20-14/h2-9H,1H3,(H,18,22)(H,19,23). The van der Waals surface area contributed by atoms with E-state index in [4.69, 9.17) is 0 Å². The van der Waals surface area contributed by atoms with Gasteiger partial charge in [-0.1, -0.05) is 0 Å². The molecule has 6 nitrogen and oxygen atoms in total. The fourth-order valence-electron chi connectivity index (χ4n) is 2.11. The first kappa shape index (κ1) is 14.7. The van der Waals surface area contributed by atoms with Gasteiger partial charge in [-0.2, -0.15) is 0 Å². The number of carbonyl (C=O) groups is 2. The first-order valence-electron chi connectivity index (χ1n) is 6.84. The maximum absolute atomic E-state index is 13.1. The molecule has 2 amide bonds. The first-order valence-corrected chi connectivity index (χ1v) is 6.84. The highest BCUT2D eigenvalue weighted by Crippen LogP contribution is 2.15. The lowest BCUT2D eigenvalue weighted by Crippen LogP contribution is -2.12. The summed E-state index contributed by atoms with van der Waals surface area (Å²) in [7, 11) is 0. The average Bonchev–Trinajstić information content (AvgIpc) is 2.92. The van der Waals surface area contributed by atoms with Crippen molar-refractivity contribution < 1.29 is 14.0 Å². The van der Waals surface area contributed by atoms with Gasteiger partial charge in [0.2, 0.25) is 5.91 Å². The maximum atomic E-state index is 13.1. The summed E-state index contributed by atoms with van der Waals surface area (Å²) in [5.41, 5.74) is 1.87. The SMILES string of the molecule is CC(=O)Nc1ccc(NC(=O)c2cn3cc(F)ccc3n2)cc1. The van der Waals surface area contributed by atoms with Crippen molar-refractivity contribution in [2.24, 2.45) is 0 Å². The largest absolute Gasteiger partial charge is 0.326 e. The number of hydrogen-bond acceptors (Lipinski definition) is 3. The molecule has 0 radical (unpaired) electrons. The third-order valence-electron chi connectivity index (χ3n) is 3.11. The van der Waals surface area contributed by atoms with Crippen LogP contribution in [0.2, 0.25) is 0 Å². The number of halogens is 1. The van der Waals surface area contributed by atoms with Gasteiger partial charge in [-0.05, 0) is 36.4 Å². The van der Waals surface area contributed by atoms with E-state index in [2.05, 4.69) is 15.6 Å². The fraction of sp³-hybridized carbons (Fsp3) is 0.0625. The van der Waals surface area contributed by atoms with Crippen molar-refractivity contribution in [1.82, 2.24) is 9.38 Å². The first-order chi connectivity index (χ1) is 11.0. The fourth-order valence-corrected chi connectivity index (χ4v) is 2.11. The zero-order chi connectivity index (χ0) is 16.4. The number of pyridine rings is 1. The second-order valence-corrected chi connectivity index (χ2v) is 4.95. The maximum Gasteiger partial charge on any atom is 0.275 e. The Balaban J connectivity index is 1.76. The van der Waals surface area contributed by atoms with Gasteiger partial charge in [0.1, 0.15) is 17.2 Å². The summed E-state index contributed by atoms with van der Waals surface area (Å²) in [6.45, 7) is 1.42. The molecule has 2 heterocycles. The van der Waals surface area contributed by atoms with Gasteiger partial charge in [-0.3, -0.25) is 9.59 Å². The van der Waals surface area contributed by atoms with Crippen LogP contribution in [-0.4, -0.2) is 21.2 Å². The summed E-state index contributed by atoms with van der Waals surface area (Å²) < 4.78 is 14.6. The molecule has 2 aromatic heterocycles. The summed E-state index contributed by atoms with van der Waals surface area (Å²) in [4.78, 5) is 27.3. The van der Waals surface area contributed by atoms with Crippen LogP contribution in [0.25, 0.3) is 5.65 Å². The van der Waals surface area contributed by atoms with Crippen LogP contribution in [0.15, 0.2) is 48.8 Å². The molecule has 116 valence electrons. The normalized spacial score (nSPS) is 10.5. The Morgan fingerprint density at radius 1 is 1.00 bits per heavy atom. The molecule has 0 aliphatic rings. The van der Waals surface area contributed by atoms with E-state index in [1.165, 1.54) is 35.9 Å². The minimum atomic E-state index is -0.407. The zero-order valence-corrected chi connectivity index (χ0v) is 12.2. The summed E-state index contributed by atoms with van der Waals surface area (Å²) in [6.07, 6.45) is 2.71. The van der Waals surface area contributed by atoms with Crippen LogP contribution in [0.3, 0.4) is 0 Å². The number of imidazole rings is 1. The van der Waals surface area contributed by atoms with Crippen LogP contribution < -0.4 is 10.6 Å². The van der Waals surface area contributed by atoms with Gasteiger partial charge < -0.3 is 15.0 Å². The van der Waals surface area contributed by atoms with E-state index in [-0.39, 0.29) is 11.6 Å². The van der Waals surface area contributed by atoms with E-state index in [0.717, 1.165) is 0 Å². The average molecular weight is 312 g/mol. The van der Waals surface area contributed by atoms with Gasteiger partial charge in [0.05, 0.1) is 0 Å². The molecule has 0 bridgehead atoms. The molecule has 2 N–H and O–H groups in total. The van der Waals surface area contributed by atoms with Crippen molar-refractivity contribution in [3.63, 3.8) is 0 Å². The molecule has 0 unspecified atom stereocenters. The minimum Gasteiger partial charge on any atom is -0.326 e. The third kappa shape index (κ3) is 3.34. The topological polar surface area (TPSA) is 75.5 Å². The molecule has 1 aromatic carbocycles. The van der Waals surface area contributed by atoms with Crippen LogP contribution >= 0.6 is 0 Å². The number of benzene rings is 1. The highest BCUT2D eigenvalue weighted by Gasteiger charge is 2.11. The monoisotopic (exact) mass is 312 g/mol. The van der Waals surface area contributed by atoms with Crippen LogP contribution in [0.4, 0.5) is 15.8 Å². The van der Waals surface area contributed by atoms with Gasteiger partial charge in [0.25, 0.3) is 5.91 Å². The van der Waals surface area contributed by atoms with Gasteiger partial charge in [0, 0.05) is 30.7 Å². The zero-order valence-electron chi connectivity index (χ0n) is 12.2. The number of carbonyl (C=O) groups excluding carboxylic acids is 2. The van der Waals surface area contributed by atoms with E-state index in [9.17, 15) is 14.0 Å². The molecule has 0 fully saturated rings. The minimum absolute atomic E-state index is 0.168. The van der Waals surface area contributed by atoms with Crippen LogP contribution in [0.1, 0.15) is 17.4 Å². The van der Waals surface area contributed by atoms with Crippen LogP contribution in [-0.2, 0) is 4.79 Å². The molecule has 0 spiro atoms. The van der Waals surface area contributed by atoms with Crippen molar-refractivity contribution >= 4 is 28.8 Å². The number of fused-ring (bicyclic) bond motifs is 1. The Hall–Kier alpha value is -3.22. The lowest BCUT2D eigenvalue weighted by molar-refractivity contribution is -0.114. The Morgan fingerprint density at radius 2 is 1.65 bits per heavy atom. The quantitative estimate of drug-likeness (QED) is 0.781. The van der Waals surface area contributed by atoms with E-state index in [1.54, 1.807) is 24.3 Å². The number of anilines is 2.